The van der Waals surface area contributed by atoms with Gasteiger partial charge in [-0.05, 0) is 63.8 Å². The molecule has 4 heteroatoms. The summed E-state index contributed by atoms with van der Waals surface area (Å²) in [5, 5.41) is 2.01. The van der Waals surface area contributed by atoms with E-state index >= 15 is 0 Å². The average molecular weight is 489 g/mol. The van der Waals surface area contributed by atoms with Gasteiger partial charge < -0.3 is 0 Å². The SMILES string of the molecule is CC[Si](CC)(C1(C)C(C)=C(C)C(C)=C1Cl)C1(C)C(C)=C(C)C(C)=C1Cl.[Zr]. The second-order valence-corrected chi connectivity index (χ2v) is 14.8. The van der Waals surface area contributed by atoms with Crippen molar-refractivity contribution >= 4 is 31.3 Å². The van der Waals surface area contributed by atoms with Crippen molar-refractivity contribution in [2.45, 2.75) is 91.4 Å². The first kappa shape index (κ1) is 24.7. The molecule has 0 aromatic carbocycles. The van der Waals surface area contributed by atoms with E-state index in [2.05, 4.69) is 69.2 Å². The van der Waals surface area contributed by atoms with Gasteiger partial charge in [-0.3, -0.25) is 0 Å². The van der Waals surface area contributed by atoms with E-state index in [1.807, 2.05) is 0 Å². The molecule has 0 aromatic rings. The maximum absolute atomic E-state index is 7.11. The second kappa shape index (κ2) is 7.81. The third-order valence-electron chi connectivity index (χ3n) is 8.41. The minimum atomic E-state index is -2.04. The van der Waals surface area contributed by atoms with E-state index in [4.69, 9.17) is 23.2 Å². The Morgan fingerprint density at radius 2 is 0.923 bits per heavy atom. The zero-order valence-corrected chi connectivity index (χ0v) is 23.1. The zero-order chi connectivity index (χ0) is 19.5. The van der Waals surface area contributed by atoms with Crippen molar-refractivity contribution in [3.8, 4) is 0 Å². The first-order valence-electron chi connectivity index (χ1n) is 9.50. The van der Waals surface area contributed by atoms with Crippen LogP contribution in [0.3, 0.4) is 0 Å². The summed E-state index contributed by atoms with van der Waals surface area (Å²) in [6.45, 7) is 23.0. The molecule has 0 bridgehead atoms. The van der Waals surface area contributed by atoms with E-state index in [1.54, 1.807) is 0 Å². The molecule has 0 saturated carbocycles. The Bertz CT molecular complexity index is 640. The molecule has 2 atom stereocenters. The zero-order valence-electron chi connectivity index (χ0n) is 18.2. The van der Waals surface area contributed by atoms with E-state index in [0.717, 1.165) is 10.1 Å². The Balaban J connectivity index is 0.00000338. The summed E-state index contributed by atoms with van der Waals surface area (Å²) in [4.78, 5) is 0. The topological polar surface area (TPSA) is 0 Å². The van der Waals surface area contributed by atoms with Crippen molar-refractivity contribution < 1.29 is 26.2 Å². The molecule has 2 rings (SSSR count). The number of halogens is 2. The molecular weight excluding hydrogens is 454 g/mol. The van der Waals surface area contributed by atoms with Crippen LogP contribution in [0.1, 0.15) is 69.2 Å². The molecule has 0 amide bonds. The van der Waals surface area contributed by atoms with Crippen molar-refractivity contribution in [1.29, 1.82) is 0 Å². The summed E-state index contributed by atoms with van der Waals surface area (Å²) < 4.78 is 0. The van der Waals surface area contributed by atoms with Crippen LogP contribution in [0.2, 0.25) is 22.2 Å². The molecule has 0 heterocycles. The summed E-state index contributed by atoms with van der Waals surface area (Å²) in [6, 6.07) is 2.33. The smallest absolute Gasteiger partial charge is 0.0868 e. The van der Waals surface area contributed by atoms with E-state index < -0.39 is 8.07 Å². The molecule has 0 aliphatic heterocycles. The molecule has 0 nitrogen and oxygen atoms in total. The Morgan fingerprint density at radius 3 is 1.08 bits per heavy atom. The third kappa shape index (κ3) is 2.61. The van der Waals surface area contributed by atoms with Gasteiger partial charge in [0.25, 0.3) is 0 Å². The summed E-state index contributed by atoms with van der Waals surface area (Å²) in [5.74, 6) is 0. The van der Waals surface area contributed by atoms with Gasteiger partial charge in [-0.25, -0.2) is 0 Å². The van der Waals surface area contributed by atoms with Gasteiger partial charge in [-0.15, -0.1) is 0 Å². The van der Waals surface area contributed by atoms with Crippen LogP contribution < -0.4 is 0 Å². The normalized spacial score (nSPS) is 30.0. The molecule has 0 radical (unpaired) electrons. The van der Waals surface area contributed by atoms with Crippen LogP contribution in [0, 0.1) is 0 Å². The number of hydrogen-bond acceptors (Lipinski definition) is 0. The fourth-order valence-electron chi connectivity index (χ4n) is 6.02. The molecule has 0 aromatic heterocycles. The molecule has 0 N–H and O–H groups in total. The second-order valence-electron chi connectivity index (χ2n) is 8.42. The summed E-state index contributed by atoms with van der Waals surface area (Å²) >= 11 is 14.2. The first-order chi connectivity index (χ1) is 11.4. The molecule has 26 heavy (non-hydrogen) atoms. The minimum absolute atomic E-state index is 0. The fourth-order valence-corrected chi connectivity index (χ4v) is 15.0. The van der Waals surface area contributed by atoms with Crippen LogP contribution in [0.15, 0.2) is 43.5 Å². The maximum Gasteiger partial charge on any atom is 0.0868 e. The van der Waals surface area contributed by atoms with Crippen LogP contribution >= 0.6 is 23.2 Å². The van der Waals surface area contributed by atoms with Crippen molar-refractivity contribution in [2.75, 3.05) is 0 Å². The van der Waals surface area contributed by atoms with Crippen LogP contribution in [-0.2, 0) is 26.2 Å². The van der Waals surface area contributed by atoms with Crippen molar-refractivity contribution in [2.24, 2.45) is 0 Å². The Labute approximate surface area is 191 Å². The molecular formula is C22H34Cl2SiZr. The molecule has 0 saturated heterocycles. The molecule has 2 unspecified atom stereocenters. The molecule has 144 valence electrons. The Morgan fingerprint density at radius 1 is 0.654 bits per heavy atom. The third-order valence-corrected chi connectivity index (χ3v) is 17.5. The predicted octanol–water partition coefficient (Wildman–Crippen LogP) is 8.72. The molecule has 0 fully saturated rings. The van der Waals surface area contributed by atoms with Gasteiger partial charge in [0, 0.05) is 46.3 Å². The molecule has 2 aliphatic rings. The number of allylic oxidation sites excluding steroid dienone is 8. The standard InChI is InChI=1S/C22H34Cl2Si.Zr/c1-11-25(12-2,21(9)17(7)13(3)15(5)19(21)23)22(10)18(8)14(4)16(6)20(22)24;/h11-12H2,1-10H3;. The van der Waals surface area contributed by atoms with E-state index in [1.165, 1.54) is 45.5 Å². The Hall–Kier alpha value is 0.640. The monoisotopic (exact) mass is 486 g/mol. The van der Waals surface area contributed by atoms with Gasteiger partial charge in [-0.2, -0.15) is 0 Å². The summed E-state index contributed by atoms with van der Waals surface area (Å²) in [7, 11) is -2.04. The minimum Gasteiger partial charge on any atom is -0.0882 e. The molecule has 2 aliphatic carbocycles. The van der Waals surface area contributed by atoms with Crippen LogP contribution in [0.4, 0.5) is 0 Å². The van der Waals surface area contributed by atoms with Gasteiger partial charge in [0.2, 0.25) is 0 Å². The van der Waals surface area contributed by atoms with Crippen LogP contribution in [0.25, 0.3) is 0 Å². The first-order valence-corrected chi connectivity index (χ1v) is 12.7. The van der Waals surface area contributed by atoms with E-state index in [0.29, 0.717) is 0 Å². The largest absolute Gasteiger partial charge is 0.0882 e. The van der Waals surface area contributed by atoms with Gasteiger partial charge in [0.15, 0.2) is 0 Å². The molecule has 0 spiro atoms. The van der Waals surface area contributed by atoms with E-state index in [9.17, 15) is 0 Å². The Kier molecular flexibility index (Phi) is 7.41. The van der Waals surface area contributed by atoms with Crippen molar-refractivity contribution in [3.63, 3.8) is 0 Å². The average Bonchev–Trinajstić information content (AvgIpc) is 2.85. The predicted molar refractivity (Wildman–Crippen MR) is 117 cm³/mol. The van der Waals surface area contributed by atoms with Gasteiger partial charge in [-0.1, -0.05) is 74.1 Å². The quantitative estimate of drug-likeness (QED) is 0.347. The van der Waals surface area contributed by atoms with Gasteiger partial charge in [0.05, 0.1) is 8.07 Å². The van der Waals surface area contributed by atoms with Gasteiger partial charge >= 0.3 is 0 Å². The maximum atomic E-state index is 7.11. The fraction of sp³-hybridized carbons (Fsp3) is 0.636. The van der Waals surface area contributed by atoms with Gasteiger partial charge in [0.1, 0.15) is 0 Å². The van der Waals surface area contributed by atoms with Crippen molar-refractivity contribution in [1.82, 2.24) is 0 Å². The van der Waals surface area contributed by atoms with Crippen LogP contribution in [-0.4, -0.2) is 8.07 Å². The number of hydrogen-bond donors (Lipinski definition) is 0. The number of rotatable bonds is 4. The van der Waals surface area contributed by atoms with E-state index in [-0.39, 0.29) is 36.3 Å². The van der Waals surface area contributed by atoms with Crippen molar-refractivity contribution in [3.05, 3.63) is 43.5 Å². The van der Waals surface area contributed by atoms with Crippen LogP contribution in [0.5, 0.6) is 0 Å². The summed E-state index contributed by atoms with van der Waals surface area (Å²) in [6.07, 6.45) is 0. The summed E-state index contributed by atoms with van der Waals surface area (Å²) in [5.41, 5.74) is 8.23.